The van der Waals surface area contributed by atoms with Crippen LogP contribution < -0.4 is 4.74 Å². The number of aryl methyl sites for hydroxylation is 2. The molecule has 0 fully saturated rings. The zero-order valence-electron chi connectivity index (χ0n) is 11.6. The Morgan fingerprint density at radius 3 is 2.45 bits per heavy atom. The van der Waals surface area contributed by atoms with E-state index in [0.717, 1.165) is 28.3 Å². The van der Waals surface area contributed by atoms with Gasteiger partial charge in [-0.3, -0.25) is 9.78 Å². The average Bonchev–Trinajstić information content (AvgIpc) is 2.46. The minimum atomic E-state index is -0.788. The first-order chi connectivity index (χ1) is 9.60. The van der Waals surface area contributed by atoms with Crippen molar-refractivity contribution in [3.8, 4) is 17.0 Å². The van der Waals surface area contributed by atoms with Crippen molar-refractivity contribution in [1.82, 2.24) is 4.98 Å². The minimum absolute atomic E-state index is 0.129. The molecule has 2 aromatic rings. The lowest BCUT2D eigenvalue weighted by Crippen LogP contribution is -2.00. The van der Waals surface area contributed by atoms with Gasteiger partial charge in [-0.05, 0) is 49.2 Å². The predicted octanol–water partition coefficient (Wildman–Crippen LogP) is 3.08. The van der Waals surface area contributed by atoms with Crippen molar-refractivity contribution in [2.45, 2.75) is 19.8 Å². The Morgan fingerprint density at radius 1 is 1.20 bits per heavy atom. The number of rotatable bonds is 5. The molecule has 0 saturated carbocycles. The second-order valence-corrected chi connectivity index (χ2v) is 4.56. The molecule has 4 nitrogen and oxygen atoms in total. The number of benzene rings is 1. The summed E-state index contributed by atoms with van der Waals surface area (Å²) in [4.78, 5) is 15.1. The van der Waals surface area contributed by atoms with Crippen LogP contribution in [0.1, 0.15) is 17.7 Å². The van der Waals surface area contributed by atoms with Gasteiger partial charge in [-0.25, -0.2) is 0 Å². The van der Waals surface area contributed by atoms with Crippen LogP contribution in [0.3, 0.4) is 0 Å². The maximum absolute atomic E-state index is 10.6. The van der Waals surface area contributed by atoms with E-state index in [0.29, 0.717) is 6.42 Å². The Labute approximate surface area is 118 Å². The second kappa shape index (κ2) is 6.19. The van der Waals surface area contributed by atoms with Crippen LogP contribution in [0.25, 0.3) is 11.3 Å². The van der Waals surface area contributed by atoms with E-state index >= 15 is 0 Å². The Morgan fingerprint density at radius 2 is 1.90 bits per heavy atom. The zero-order chi connectivity index (χ0) is 14.5. The largest absolute Gasteiger partial charge is 0.497 e. The number of carboxylic acid groups (broad SMARTS) is 1. The van der Waals surface area contributed by atoms with Gasteiger partial charge in [-0.2, -0.15) is 0 Å². The SMILES string of the molecule is COc1ccc(-c2ccc(CCC(=O)O)c(C)n2)cc1. The number of methoxy groups -OCH3 is 1. The molecule has 0 amide bonds. The van der Waals surface area contributed by atoms with E-state index < -0.39 is 5.97 Å². The van der Waals surface area contributed by atoms with Gasteiger partial charge >= 0.3 is 5.97 Å². The van der Waals surface area contributed by atoms with Gasteiger partial charge in [0.15, 0.2) is 0 Å². The van der Waals surface area contributed by atoms with Gasteiger partial charge < -0.3 is 9.84 Å². The van der Waals surface area contributed by atoms with Crippen LogP contribution in [0.4, 0.5) is 0 Å². The number of nitrogens with zero attached hydrogens (tertiary/aromatic N) is 1. The summed E-state index contributed by atoms with van der Waals surface area (Å²) in [6, 6.07) is 11.6. The smallest absolute Gasteiger partial charge is 0.303 e. The molecule has 0 bridgehead atoms. The first-order valence-electron chi connectivity index (χ1n) is 6.43. The molecule has 104 valence electrons. The molecule has 1 heterocycles. The predicted molar refractivity (Wildman–Crippen MR) is 76.9 cm³/mol. The number of aliphatic carboxylic acids is 1. The summed E-state index contributed by atoms with van der Waals surface area (Å²) in [6.07, 6.45) is 0.640. The molecular formula is C16H17NO3. The van der Waals surface area contributed by atoms with E-state index in [1.807, 2.05) is 43.3 Å². The summed E-state index contributed by atoms with van der Waals surface area (Å²) in [5.74, 6) is 0.0205. The molecule has 0 unspecified atom stereocenters. The molecular weight excluding hydrogens is 254 g/mol. The monoisotopic (exact) mass is 271 g/mol. The standard InChI is InChI=1S/C16H17NO3/c1-11-12(6-10-16(18)19)5-9-15(17-11)13-3-7-14(20-2)8-4-13/h3-5,7-9H,6,10H2,1-2H3,(H,18,19). The van der Waals surface area contributed by atoms with E-state index in [4.69, 9.17) is 9.84 Å². The molecule has 0 aliphatic heterocycles. The molecule has 0 spiro atoms. The van der Waals surface area contributed by atoms with Crippen molar-refractivity contribution >= 4 is 5.97 Å². The van der Waals surface area contributed by atoms with Gasteiger partial charge in [-0.15, -0.1) is 0 Å². The normalized spacial score (nSPS) is 10.3. The fourth-order valence-electron chi connectivity index (χ4n) is 2.02. The third-order valence-electron chi connectivity index (χ3n) is 3.19. The van der Waals surface area contributed by atoms with Crippen molar-refractivity contribution in [1.29, 1.82) is 0 Å². The Kier molecular flexibility index (Phi) is 4.35. The number of hydrogen-bond donors (Lipinski definition) is 1. The van der Waals surface area contributed by atoms with Crippen molar-refractivity contribution < 1.29 is 14.6 Å². The summed E-state index contributed by atoms with van der Waals surface area (Å²) in [6.45, 7) is 1.91. The lowest BCUT2D eigenvalue weighted by Gasteiger charge is -2.08. The van der Waals surface area contributed by atoms with Crippen molar-refractivity contribution in [3.05, 3.63) is 47.7 Å². The van der Waals surface area contributed by atoms with E-state index in [2.05, 4.69) is 4.98 Å². The molecule has 2 rings (SSSR count). The van der Waals surface area contributed by atoms with Crippen LogP contribution in [-0.4, -0.2) is 23.2 Å². The third-order valence-corrected chi connectivity index (χ3v) is 3.19. The molecule has 0 aliphatic carbocycles. The maximum Gasteiger partial charge on any atom is 0.303 e. The topological polar surface area (TPSA) is 59.4 Å². The highest BCUT2D eigenvalue weighted by atomic mass is 16.5. The van der Waals surface area contributed by atoms with Crippen LogP contribution in [-0.2, 0) is 11.2 Å². The van der Waals surface area contributed by atoms with E-state index in [-0.39, 0.29) is 6.42 Å². The lowest BCUT2D eigenvalue weighted by atomic mass is 10.1. The Balaban J connectivity index is 2.21. The molecule has 0 aliphatic rings. The fourth-order valence-corrected chi connectivity index (χ4v) is 2.02. The molecule has 1 aromatic heterocycles. The van der Waals surface area contributed by atoms with E-state index in [1.165, 1.54) is 0 Å². The van der Waals surface area contributed by atoms with Crippen molar-refractivity contribution in [2.75, 3.05) is 7.11 Å². The van der Waals surface area contributed by atoms with Crippen LogP contribution in [0.2, 0.25) is 0 Å². The van der Waals surface area contributed by atoms with Crippen molar-refractivity contribution in [3.63, 3.8) is 0 Å². The van der Waals surface area contributed by atoms with E-state index in [9.17, 15) is 4.79 Å². The number of carbonyl (C=O) groups is 1. The molecule has 1 aromatic carbocycles. The third kappa shape index (κ3) is 3.35. The second-order valence-electron chi connectivity index (χ2n) is 4.56. The quantitative estimate of drug-likeness (QED) is 0.907. The van der Waals surface area contributed by atoms with Gasteiger partial charge in [0.25, 0.3) is 0 Å². The van der Waals surface area contributed by atoms with Crippen LogP contribution >= 0.6 is 0 Å². The van der Waals surface area contributed by atoms with Gasteiger partial charge in [0.1, 0.15) is 5.75 Å². The van der Waals surface area contributed by atoms with Crippen LogP contribution in [0.15, 0.2) is 36.4 Å². The molecule has 4 heteroatoms. The highest BCUT2D eigenvalue weighted by Crippen LogP contribution is 2.22. The number of aromatic nitrogens is 1. The fraction of sp³-hybridized carbons (Fsp3) is 0.250. The first-order valence-corrected chi connectivity index (χ1v) is 6.43. The van der Waals surface area contributed by atoms with Gasteiger partial charge in [-0.1, -0.05) is 6.07 Å². The molecule has 0 atom stereocenters. The molecule has 0 saturated heterocycles. The highest BCUT2D eigenvalue weighted by molar-refractivity contribution is 5.67. The summed E-state index contributed by atoms with van der Waals surface area (Å²) >= 11 is 0. The highest BCUT2D eigenvalue weighted by Gasteiger charge is 2.06. The lowest BCUT2D eigenvalue weighted by molar-refractivity contribution is -0.136. The first kappa shape index (κ1) is 14.1. The zero-order valence-corrected chi connectivity index (χ0v) is 11.6. The maximum atomic E-state index is 10.6. The van der Waals surface area contributed by atoms with Gasteiger partial charge in [0.2, 0.25) is 0 Å². The van der Waals surface area contributed by atoms with E-state index in [1.54, 1.807) is 7.11 Å². The number of hydrogen-bond acceptors (Lipinski definition) is 3. The summed E-state index contributed by atoms with van der Waals surface area (Å²) in [5, 5.41) is 8.72. The van der Waals surface area contributed by atoms with Gasteiger partial charge in [0.05, 0.1) is 12.8 Å². The Bertz CT molecular complexity index is 606. The van der Waals surface area contributed by atoms with Gasteiger partial charge in [0, 0.05) is 17.7 Å². The molecule has 1 N–H and O–H groups in total. The molecule has 20 heavy (non-hydrogen) atoms. The summed E-state index contributed by atoms with van der Waals surface area (Å²) < 4.78 is 5.13. The summed E-state index contributed by atoms with van der Waals surface area (Å²) in [5.41, 5.74) is 3.74. The Hall–Kier alpha value is -2.36. The van der Waals surface area contributed by atoms with Crippen molar-refractivity contribution in [2.24, 2.45) is 0 Å². The minimum Gasteiger partial charge on any atom is -0.497 e. The van der Waals surface area contributed by atoms with Crippen LogP contribution in [0.5, 0.6) is 5.75 Å². The number of pyridine rings is 1. The summed E-state index contributed by atoms with van der Waals surface area (Å²) in [7, 11) is 1.63. The number of carboxylic acids is 1. The number of ether oxygens (including phenoxy) is 1. The van der Waals surface area contributed by atoms with Crippen LogP contribution in [0, 0.1) is 6.92 Å². The molecule has 0 radical (unpaired) electrons. The average molecular weight is 271 g/mol.